The largest absolute Gasteiger partial charge is 0.343 e. The molecule has 74 heavy (non-hydrogen) atoms. The maximum atomic E-state index is 13.6. The molecule has 4 atom stereocenters. The summed E-state index contributed by atoms with van der Waals surface area (Å²) in [6, 6.07) is 57.3. The van der Waals surface area contributed by atoms with Gasteiger partial charge in [0.2, 0.25) is 37.4 Å². The van der Waals surface area contributed by atoms with E-state index in [9.17, 15) is 31.2 Å². The van der Waals surface area contributed by atoms with Crippen LogP contribution in [0.2, 0.25) is 5.15 Å². The maximum Gasteiger partial charge on any atom is 0.249 e. The number of sulfonamides is 2. The number of hydrogen-bond acceptors (Lipinski definition) is 10. The molecular weight excluding hydrogens is 1030 g/mol. The first-order chi connectivity index (χ1) is 35.9. The van der Waals surface area contributed by atoms with Crippen LogP contribution in [0.5, 0.6) is 0 Å². The SMILES string of the molecule is O=C(NC(c1ccccc1)c1ccc(=O)[nH]c1)C1SCCN1S(=O)(=O)c1ccc(-c2ccccc2)cc1.O=C(NC(c1ccccc1)c1ccnc(Cl)c1)C1SCCN1S(=O)(=O)c1ccc(-c2ccccc2)cc1. The minimum Gasteiger partial charge on any atom is -0.343 e. The quantitative estimate of drug-likeness (QED) is 0.0889. The van der Waals surface area contributed by atoms with E-state index in [1.165, 1.54) is 38.2 Å². The lowest BCUT2D eigenvalue weighted by Gasteiger charge is -2.26. The molecule has 2 aliphatic rings. The summed E-state index contributed by atoms with van der Waals surface area (Å²) in [4.78, 5) is 45.6. The third kappa shape index (κ3) is 12.1. The van der Waals surface area contributed by atoms with Crippen LogP contribution >= 0.6 is 35.1 Å². The fourth-order valence-corrected chi connectivity index (χ4v) is 15.0. The Kier molecular flexibility index (Phi) is 16.6. The van der Waals surface area contributed by atoms with Gasteiger partial charge in [0, 0.05) is 43.1 Å². The molecule has 2 aromatic heterocycles. The molecule has 0 radical (unpaired) electrons. The summed E-state index contributed by atoms with van der Waals surface area (Å²) in [6.07, 6.45) is 3.14. The zero-order valence-electron chi connectivity index (χ0n) is 39.5. The van der Waals surface area contributed by atoms with Gasteiger partial charge in [-0.3, -0.25) is 14.4 Å². The van der Waals surface area contributed by atoms with E-state index in [1.54, 1.807) is 79.1 Å². The lowest BCUT2D eigenvalue weighted by molar-refractivity contribution is -0.123. The molecule has 2 fully saturated rings. The molecule has 13 nitrogen and oxygen atoms in total. The molecule has 6 aromatic carbocycles. The second-order valence-electron chi connectivity index (χ2n) is 17.1. The zero-order valence-corrected chi connectivity index (χ0v) is 43.5. The molecule has 3 N–H and O–H groups in total. The Morgan fingerprint density at radius 3 is 1.34 bits per heavy atom. The van der Waals surface area contributed by atoms with Crippen LogP contribution in [-0.4, -0.2) is 82.6 Å². The first-order valence-electron chi connectivity index (χ1n) is 23.5. The van der Waals surface area contributed by atoms with Gasteiger partial charge in [0.05, 0.1) is 21.9 Å². The normalized spacial score (nSPS) is 16.8. The minimum atomic E-state index is -3.90. The molecule has 2 aliphatic heterocycles. The first-order valence-corrected chi connectivity index (χ1v) is 28.8. The second-order valence-corrected chi connectivity index (χ2v) is 23.6. The van der Waals surface area contributed by atoms with Gasteiger partial charge >= 0.3 is 0 Å². The van der Waals surface area contributed by atoms with Crippen molar-refractivity contribution in [1.29, 1.82) is 0 Å². The van der Waals surface area contributed by atoms with E-state index in [-0.39, 0.29) is 34.3 Å². The molecule has 18 heteroatoms. The zero-order chi connectivity index (χ0) is 51.7. The number of hydrogen-bond donors (Lipinski definition) is 3. The second kappa shape index (κ2) is 23.6. The van der Waals surface area contributed by atoms with Gasteiger partial charge in [0.1, 0.15) is 15.9 Å². The van der Waals surface area contributed by atoms with Gasteiger partial charge in [-0.15, -0.1) is 23.5 Å². The number of carbonyl (C=O) groups excluding carboxylic acids is 2. The van der Waals surface area contributed by atoms with E-state index in [1.807, 2.05) is 121 Å². The number of thioether (sulfide) groups is 2. The number of aromatic amines is 1. The van der Waals surface area contributed by atoms with Crippen molar-refractivity contribution in [3.63, 3.8) is 0 Å². The highest BCUT2D eigenvalue weighted by Gasteiger charge is 2.42. The van der Waals surface area contributed by atoms with E-state index in [0.29, 0.717) is 22.2 Å². The molecule has 376 valence electrons. The molecule has 2 saturated heterocycles. The highest BCUT2D eigenvalue weighted by atomic mass is 35.5. The highest BCUT2D eigenvalue weighted by molar-refractivity contribution is 8.02. The fraction of sp³-hybridized carbons (Fsp3) is 0.143. The summed E-state index contributed by atoms with van der Waals surface area (Å²) in [7, 11) is -7.78. The van der Waals surface area contributed by atoms with Gasteiger partial charge in [-0.1, -0.05) is 157 Å². The van der Waals surface area contributed by atoms with Crippen LogP contribution in [-0.2, 0) is 29.6 Å². The van der Waals surface area contributed by atoms with E-state index in [0.717, 1.165) is 38.9 Å². The number of pyridine rings is 2. The van der Waals surface area contributed by atoms with E-state index < -0.39 is 48.8 Å². The summed E-state index contributed by atoms with van der Waals surface area (Å²) in [5, 5.41) is 4.57. The minimum absolute atomic E-state index is 0.146. The molecule has 10 rings (SSSR count). The Hall–Kier alpha value is -6.83. The number of rotatable bonds is 14. The van der Waals surface area contributed by atoms with Gasteiger partial charge in [-0.25, -0.2) is 21.8 Å². The average molecular weight is 1080 g/mol. The van der Waals surface area contributed by atoms with Gasteiger partial charge < -0.3 is 15.6 Å². The van der Waals surface area contributed by atoms with Crippen molar-refractivity contribution in [2.75, 3.05) is 24.6 Å². The van der Waals surface area contributed by atoms with E-state index in [2.05, 4.69) is 20.6 Å². The number of aromatic nitrogens is 2. The van der Waals surface area contributed by atoms with Crippen LogP contribution in [0.4, 0.5) is 0 Å². The number of halogens is 1. The number of H-pyrrole nitrogens is 1. The van der Waals surface area contributed by atoms with Crippen molar-refractivity contribution in [1.82, 2.24) is 29.2 Å². The summed E-state index contributed by atoms with van der Waals surface area (Å²) >= 11 is 8.73. The van der Waals surface area contributed by atoms with Crippen molar-refractivity contribution in [3.05, 3.63) is 244 Å². The third-order valence-electron chi connectivity index (χ3n) is 12.3. The molecule has 8 aromatic rings. The number of carbonyl (C=O) groups is 2. The lowest BCUT2D eigenvalue weighted by Crippen LogP contribution is -2.45. The van der Waals surface area contributed by atoms with Crippen molar-refractivity contribution < 1.29 is 26.4 Å². The number of nitrogens with zero attached hydrogens (tertiary/aromatic N) is 3. The molecule has 0 aliphatic carbocycles. The predicted octanol–water partition coefficient (Wildman–Crippen LogP) is 9.38. The first kappa shape index (κ1) is 52.0. The van der Waals surface area contributed by atoms with Gasteiger partial charge in [0.25, 0.3) is 0 Å². The summed E-state index contributed by atoms with van der Waals surface area (Å²) in [6.45, 7) is 0.489. The van der Waals surface area contributed by atoms with Crippen LogP contribution < -0.4 is 16.2 Å². The highest BCUT2D eigenvalue weighted by Crippen LogP contribution is 2.35. The average Bonchev–Trinajstić information content (AvgIpc) is 4.17. The summed E-state index contributed by atoms with van der Waals surface area (Å²) in [5.74, 6) is 0.241. The smallest absolute Gasteiger partial charge is 0.249 e. The Morgan fingerprint density at radius 2 is 0.932 bits per heavy atom. The summed E-state index contributed by atoms with van der Waals surface area (Å²) in [5.41, 5.74) is 6.70. The molecular formula is C56H49ClN6O7S4. The Bertz CT molecular complexity index is 3470. The van der Waals surface area contributed by atoms with Crippen molar-refractivity contribution in [2.45, 2.75) is 32.6 Å². The van der Waals surface area contributed by atoms with Gasteiger partial charge in [-0.2, -0.15) is 8.61 Å². The number of benzene rings is 6. The predicted molar refractivity (Wildman–Crippen MR) is 293 cm³/mol. The lowest BCUT2D eigenvalue weighted by atomic mass is 9.99. The fourth-order valence-electron chi connectivity index (χ4n) is 8.62. The van der Waals surface area contributed by atoms with Crippen molar-refractivity contribution >= 4 is 67.0 Å². The standard InChI is InChI=1S/C28H24ClN3O3S2.C28H25N3O4S2/c29-25-19-23(15-16-30-25)26(22-9-5-2-6-10-22)31-27(33)28-32(17-18-36-28)37(34,35)24-13-11-21(12-14-24)20-7-3-1-4-8-20;32-25-16-13-23(19-29-25)26(22-9-5-2-6-10-22)30-27(33)28-31(17-18-36-28)37(34,35)24-14-11-21(12-15-24)20-7-3-1-4-8-20/h1-16,19,26,28H,17-18H2,(H,31,33);1-16,19,26,28H,17-18H2,(H,29,32)(H,30,33). The van der Waals surface area contributed by atoms with E-state index >= 15 is 0 Å². The van der Waals surface area contributed by atoms with Crippen LogP contribution in [0.25, 0.3) is 22.3 Å². The van der Waals surface area contributed by atoms with Crippen LogP contribution in [0.1, 0.15) is 34.3 Å². The van der Waals surface area contributed by atoms with E-state index in [4.69, 9.17) is 11.6 Å². The summed E-state index contributed by atoms with van der Waals surface area (Å²) < 4.78 is 56.8. The molecule has 4 unspecified atom stereocenters. The molecule has 0 bridgehead atoms. The topological polar surface area (TPSA) is 179 Å². The van der Waals surface area contributed by atoms with Crippen molar-refractivity contribution in [3.8, 4) is 22.3 Å². The van der Waals surface area contributed by atoms with Crippen LogP contribution in [0, 0.1) is 0 Å². The molecule has 0 spiro atoms. The third-order valence-corrected chi connectivity index (χ3v) is 19.0. The molecule has 2 amide bonds. The number of nitrogens with one attached hydrogen (secondary N) is 3. The molecule has 0 saturated carbocycles. The van der Waals surface area contributed by atoms with Gasteiger partial charge in [0.15, 0.2) is 0 Å². The Balaban J connectivity index is 0.000000182. The maximum absolute atomic E-state index is 13.6. The van der Waals surface area contributed by atoms with Crippen molar-refractivity contribution in [2.24, 2.45) is 0 Å². The Labute approximate surface area is 443 Å². The Morgan fingerprint density at radius 1 is 0.527 bits per heavy atom. The monoisotopic (exact) mass is 1080 g/mol. The van der Waals surface area contributed by atoms with Crippen LogP contribution in [0.3, 0.4) is 0 Å². The van der Waals surface area contributed by atoms with Crippen LogP contribution in [0.15, 0.2) is 221 Å². The molecule has 4 heterocycles. The van der Waals surface area contributed by atoms with Gasteiger partial charge in [-0.05, 0) is 87.0 Å². The number of amides is 2.